The molecule has 1 unspecified atom stereocenters. The second-order valence-electron chi connectivity index (χ2n) is 4.87. The third kappa shape index (κ3) is 3.68. The number of hydrogen-bond donors (Lipinski definition) is 0. The Hall–Kier alpha value is -1.98. The van der Waals surface area contributed by atoms with Gasteiger partial charge < -0.3 is 0 Å². The minimum absolute atomic E-state index is 0.168. The first kappa shape index (κ1) is 15.9. The zero-order valence-electron chi connectivity index (χ0n) is 12.3. The lowest BCUT2D eigenvalue weighted by molar-refractivity contribution is 0.611. The summed E-state index contributed by atoms with van der Waals surface area (Å²) in [6, 6.07) is 14.0. The van der Waals surface area contributed by atoms with Crippen molar-refractivity contribution in [2.45, 2.75) is 17.2 Å². The summed E-state index contributed by atoms with van der Waals surface area (Å²) in [5, 5.41) is 9.32. The quantitative estimate of drug-likeness (QED) is 0.610. The van der Waals surface area contributed by atoms with Gasteiger partial charge in [0.05, 0.1) is 5.69 Å². The van der Waals surface area contributed by atoms with Crippen molar-refractivity contribution < 1.29 is 4.39 Å². The molecule has 0 aliphatic heterocycles. The summed E-state index contributed by atoms with van der Waals surface area (Å²) in [5.41, 5.74) is 1.95. The molecule has 6 heteroatoms. The summed E-state index contributed by atoms with van der Waals surface area (Å²) in [4.78, 5) is 4.23. The molecule has 23 heavy (non-hydrogen) atoms. The number of benzene rings is 1. The third-order valence-corrected chi connectivity index (χ3v) is 4.65. The second kappa shape index (κ2) is 7.06. The number of nitrogens with zero attached hydrogens (tertiary/aromatic N) is 3. The monoisotopic (exact) mass is 345 g/mol. The van der Waals surface area contributed by atoms with Crippen molar-refractivity contribution in [2.75, 3.05) is 0 Å². The molecular formula is C17H13ClFN3S. The van der Waals surface area contributed by atoms with Gasteiger partial charge in [-0.05, 0) is 43.3 Å². The van der Waals surface area contributed by atoms with Gasteiger partial charge in [-0.15, -0.1) is 10.2 Å². The maximum absolute atomic E-state index is 13.9. The van der Waals surface area contributed by atoms with Crippen molar-refractivity contribution in [3.05, 3.63) is 71.1 Å². The fourth-order valence-corrected chi connectivity index (χ4v) is 3.52. The largest absolute Gasteiger partial charge is 0.255 e. The number of halogens is 2. The van der Waals surface area contributed by atoms with Crippen LogP contribution in [0.5, 0.6) is 0 Å². The molecule has 2 heterocycles. The van der Waals surface area contributed by atoms with Crippen molar-refractivity contribution in [1.82, 2.24) is 15.2 Å². The van der Waals surface area contributed by atoms with E-state index in [-0.39, 0.29) is 11.1 Å². The maximum atomic E-state index is 13.9. The van der Waals surface area contributed by atoms with E-state index in [0.717, 1.165) is 5.69 Å². The van der Waals surface area contributed by atoms with E-state index in [1.165, 1.54) is 17.8 Å². The van der Waals surface area contributed by atoms with E-state index in [4.69, 9.17) is 11.6 Å². The molecule has 0 aliphatic rings. The fourth-order valence-electron chi connectivity index (χ4n) is 2.17. The Bertz CT molecular complexity index is 776. The average molecular weight is 346 g/mol. The van der Waals surface area contributed by atoms with Crippen LogP contribution in [-0.4, -0.2) is 15.2 Å². The molecule has 0 saturated carbocycles. The van der Waals surface area contributed by atoms with Gasteiger partial charge in [-0.3, -0.25) is 4.98 Å². The van der Waals surface area contributed by atoms with Gasteiger partial charge in [-0.1, -0.05) is 35.5 Å². The Morgan fingerprint density at radius 3 is 2.52 bits per heavy atom. The van der Waals surface area contributed by atoms with E-state index < -0.39 is 0 Å². The highest BCUT2D eigenvalue weighted by Crippen LogP contribution is 2.38. The van der Waals surface area contributed by atoms with Crippen LogP contribution >= 0.6 is 23.4 Å². The Morgan fingerprint density at radius 1 is 1.00 bits per heavy atom. The van der Waals surface area contributed by atoms with Crippen molar-refractivity contribution in [1.29, 1.82) is 0 Å². The van der Waals surface area contributed by atoms with Gasteiger partial charge in [0.15, 0.2) is 0 Å². The van der Waals surface area contributed by atoms with E-state index in [1.807, 2.05) is 37.3 Å². The lowest BCUT2D eigenvalue weighted by atomic mass is 10.1. The van der Waals surface area contributed by atoms with E-state index in [0.29, 0.717) is 21.3 Å². The first-order valence-electron chi connectivity index (χ1n) is 7.01. The first-order chi connectivity index (χ1) is 11.1. The summed E-state index contributed by atoms with van der Waals surface area (Å²) in [6.07, 6.45) is 1.71. The highest BCUT2D eigenvalue weighted by atomic mass is 35.5. The van der Waals surface area contributed by atoms with Crippen LogP contribution in [0.25, 0.3) is 11.4 Å². The van der Waals surface area contributed by atoms with Crippen molar-refractivity contribution in [3.63, 3.8) is 0 Å². The van der Waals surface area contributed by atoms with Gasteiger partial charge in [-0.2, -0.15) is 0 Å². The van der Waals surface area contributed by atoms with Gasteiger partial charge >= 0.3 is 0 Å². The Morgan fingerprint density at radius 2 is 1.87 bits per heavy atom. The Kier molecular flexibility index (Phi) is 4.88. The molecular weight excluding hydrogens is 333 g/mol. The molecule has 2 aromatic heterocycles. The Labute approximate surface area is 142 Å². The highest BCUT2D eigenvalue weighted by molar-refractivity contribution is 7.99. The van der Waals surface area contributed by atoms with Gasteiger partial charge in [0.2, 0.25) is 0 Å². The topological polar surface area (TPSA) is 38.7 Å². The molecule has 3 nitrogen and oxygen atoms in total. The normalized spacial score (nSPS) is 12.1. The average Bonchev–Trinajstić information content (AvgIpc) is 2.56. The van der Waals surface area contributed by atoms with Crippen LogP contribution < -0.4 is 0 Å². The van der Waals surface area contributed by atoms with Crippen LogP contribution in [0.15, 0.2) is 59.8 Å². The van der Waals surface area contributed by atoms with Gasteiger partial charge in [-0.25, -0.2) is 4.39 Å². The maximum Gasteiger partial charge on any atom is 0.129 e. The van der Waals surface area contributed by atoms with Crippen LogP contribution in [0.1, 0.15) is 17.7 Å². The zero-order chi connectivity index (χ0) is 16.2. The molecule has 0 amide bonds. The van der Waals surface area contributed by atoms with Crippen molar-refractivity contribution >= 4 is 23.4 Å². The van der Waals surface area contributed by atoms with Crippen LogP contribution in [0.3, 0.4) is 0 Å². The molecule has 0 fully saturated rings. The predicted molar refractivity (Wildman–Crippen MR) is 90.9 cm³/mol. The first-order valence-corrected chi connectivity index (χ1v) is 8.26. The van der Waals surface area contributed by atoms with Crippen LogP contribution in [0.4, 0.5) is 4.39 Å². The van der Waals surface area contributed by atoms with E-state index in [9.17, 15) is 4.39 Å². The highest BCUT2D eigenvalue weighted by Gasteiger charge is 2.16. The summed E-state index contributed by atoms with van der Waals surface area (Å²) >= 11 is 7.51. The molecule has 0 spiro atoms. The van der Waals surface area contributed by atoms with Gasteiger partial charge in [0, 0.05) is 22.0 Å². The van der Waals surface area contributed by atoms with Crippen molar-refractivity contribution in [3.8, 4) is 11.4 Å². The number of rotatable bonds is 4. The lowest BCUT2D eigenvalue weighted by Crippen LogP contribution is -1.97. The summed E-state index contributed by atoms with van der Waals surface area (Å²) in [5.74, 6) is -0.310. The standard InChI is InChI=1S/C17H13ClFN3S/c1-11(17-12(18)5-4-6-13(17)19)23-16-9-8-15(21-22-16)14-7-2-3-10-20-14/h2-11H,1H3. The molecule has 1 aromatic carbocycles. The smallest absolute Gasteiger partial charge is 0.129 e. The molecule has 0 bridgehead atoms. The lowest BCUT2D eigenvalue weighted by Gasteiger charge is -2.13. The Balaban J connectivity index is 1.78. The van der Waals surface area contributed by atoms with E-state index in [1.54, 1.807) is 18.3 Å². The number of aromatic nitrogens is 3. The zero-order valence-corrected chi connectivity index (χ0v) is 13.9. The fraction of sp³-hybridized carbons (Fsp3) is 0.118. The van der Waals surface area contributed by atoms with E-state index in [2.05, 4.69) is 15.2 Å². The van der Waals surface area contributed by atoms with E-state index >= 15 is 0 Å². The molecule has 0 radical (unpaired) electrons. The second-order valence-corrected chi connectivity index (χ2v) is 6.64. The molecule has 1 atom stereocenters. The summed E-state index contributed by atoms with van der Waals surface area (Å²) in [6.45, 7) is 1.89. The molecule has 116 valence electrons. The molecule has 3 rings (SSSR count). The van der Waals surface area contributed by atoms with Crippen LogP contribution in [0, 0.1) is 5.82 Å². The SMILES string of the molecule is CC(Sc1ccc(-c2ccccn2)nn1)c1c(F)cccc1Cl. The number of hydrogen-bond acceptors (Lipinski definition) is 4. The molecule has 0 N–H and O–H groups in total. The number of pyridine rings is 1. The summed E-state index contributed by atoms with van der Waals surface area (Å²) in [7, 11) is 0. The minimum Gasteiger partial charge on any atom is -0.255 e. The minimum atomic E-state index is -0.310. The summed E-state index contributed by atoms with van der Waals surface area (Å²) < 4.78 is 13.9. The number of thioether (sulfide) groups is 1. The van der Waals surface area contributed by atoms with Crippen LogP contribution in [-0.2, 0) is 0 Å². The molecule has 3 aromatic rings. The molecule has 0 aliphatic carbocycles. The van der Waals surface area contributed by atoms with Crippen LogP contribution in [0.2, 0.25) is 5.02 Å². The van der Waals surface area contributed by atoms with Gasteiger partial charge in [0.25, 0.3) is 0 Å². The van der Waals surface area contributed by atoms with Crippen molar-refractivity contribution in [2.24, 2.45) is 0 Å². The molecule has 0 saturated heterocycles. The third-order valence-electron chi connectivity index (χ3n) is 3.27. The van der Waals surface area contributed by atoms with Gasteiger partial charge in [0.1, 0.15) is 16.5 Å². The predicted octanol–water partition coefficient (Wildman–Crippen LogP) is 5.18.